The largest absolute Gasteiger partial charge is 0.507 e. The summed E-state index contributed by atoms with van der Waals surface area (Å²) in [7, 11) is 5.72. The summed E-state index contributed by atoms with van der Waals surface area (Å²) >= 11 is 0. The Balaban J connectivity index is 0.000000342. The number of aliphatic hydroxyl groups excluding tert-OH is 1. The molecule has 0 aliphatic carbocycles. The number of aromatic hydroxyl groups is 2. The number of hydrogen-bond donors (Lipinski definition) is 6. The molecule has 0 amide bonds. The molecule has 1 unspecified atom stereocenters. The quantitative estimate of drug-likeness (QED) is 0.178. The van der Waals surface area contributed by atoms with Crippen LogP contribution in [0.1, 0.15) is 38.3 Å². The van der Waals surface area contributed by atoms with Gasteiger partial charge in [0.2, 0.25) is 0 Å². The molecule has 0 spiro atoms. The lowest BCUT2D eigenvalue weighted by Crippen LogP contribution is -2.42. The van der Waals surface area contributed by atoms with Gasteiger partial charge in [0.15, 0.2) is 0 Å². The fraction of sp³-hybridized carbons (Fsp3) is 0.233. The second-order valence-electron chi connectivity index (χ2n) is 10.5. The molecule has 0 aliphatic rings. The van der Waals surface area contributed by atoms with Gasteiger partial charge in [-0.05, 0) is 33.7 Å². The summed E-state index contributed by atoms with van der Waals surface area (Å²) in [6, 6.07) is 16.8. The van der Waals surface area contributed by atoms with E-state index in [0.29, 0.717) is 43.7 Å². The van der Waals surface area contributed by atoms with Gasteiger partial charge in [-0.25, -0.2) is 9.59 Å². The third-order valence-corrected chi connectivity index (χ3v) is 6.24. The van der Waals surface area contributed by atoms with Crippen LogP contribution in [-0.4, -0.2) is 86.8 Å². The molecule has 6 N–H and O–H groups in total. The van der Waals surface area contributed by atoms with E-state index in [4.69, 9.17) is 10.2 Å². The zero-order chi connectivity index (χ0) is 29.8. The maximum absolute atomic E-state index is 11.6. The normalized spacial score (nSPS) is 12.0. The summed E-state index contributed by atoms with van der Waals surface area (Å²) in [6.45, 7) is 0.465. The zero-order valence-electron chi connectivity index (χ0n) is 22.3. The Labute approximate surface area is 230 Å². The van der Waals surface area contributed by atoms with Crippen LogP contribution < -0.4 is 0 Å². The molecule has 0 heterocycles. The average Bonchev–Trinajstić information content (AvgIpc) is 2.85. The number of aromatic carboxylic acids is 2. The van der Waals surface area contributed by atoms with Crippen LogP contribution in [0.2, 0.25) is 0 Å². The molecule has 4 rings (SSSR count). The number of hydrogen-bond acceptors (Lipinski definition) is 6. The first kappa shape index (κ1) is 29.9. The molecule has 1 atom stereocenters. The summed E-state index contributed by atoms with van der Waals surface area (Å²) in [6.07, 6.45) is -0.955. The molecule has 0 saturated heterocycles. The maximum Gasteiger partial charge on any atom is 0.339 e. The van der Waals surface area contributed by atoms with Gasteiger partial charge in [0.1, 0.15) is 35.3 Å². The molecule has 210 valence electrons. The van der Waals surface area contributed by atoms with Gasteiger partial charge >= 0.3 is 17.9 Å². The summed E-state index contributed by atoms with van der Waals surface area (Å²) < 4.78 is 0.578. The molecule has 10 nitrogen and oxygen atoms in total. The minimum Gasteiger partial charge on any atom is -0.507 e. The smallest absolute Gasteiger partial charge is 0.339 e. The number of carbonyl (C=O) groups is 3. The minimum absolute atomic E-state index is 0.0407. The molecule has 0 saturated carbocycles. The van der Waals surface area contributed by atoms with Crippen molar-refractivity contribution in [3.05, 3.63) is 82.9 Å². The van der Waals surface area contributed by atoms with E-state index in [2.05, 4.69) is 0 Å². The summed E-state index contributed by atoms with van der Waals surface area (Å²) in [5, 5.41) is 60.3. The zero-order valence-corrected chi connectivity index (χ0v) is 22.3. The Bertz CT molecular complexity index is 1490. The van der Waals surface area contributed by atoms with Gasteiger partial charge in [-0.1, -0.05) is 48.5 Å². The molecular formula is C30H32NO9+. The van der Waals surface area contributed by atoms with Crippen molar-refractivity contribution in [1.29, 1.82) is 0 Å². The molecule has 0 aromatic heterocycles. The number of nitrogens with zero attached hydrogens (tertiary/aromatic N) is 1. The van der Waals surface area contributed by atoms with E-state index >= 15 is 0 Å². The molecule has 0 bridgehead atoms. The third-order valence-electron chi connectivity index (χ3n) is 6.24. The van der Waals surface area contributed by atoms with Crippen molar-refractivity contribution in [2.75, 3.05) is 27.7 Å². The van der Waals surface area contributed by atoms with Crippen LogP contribution in [0.15, 0.2) is 60.7 Å². The summed E-state index contributed by atoms with van der Waals surface area (Å²) in [4.78, 5) is 33.3. The van der Waals surface area contributed by atoms with Gasteiger partial charge in [0.25, 0.3) is 0 Å². The number of phenols is 2. The topological polar surface area (TPSA) is 173 Å². The third kappa shape index (κ3) is 7.04. The monoisotopic (exact) mass is 550 g/mol. The van der Waals surface area contributed by atoms with Gasteiger partial charge < -0.3 is 35.1 Å². The number of carboxylic acid groups (broad SMARTS) is 3. The Hall–Kier alpha value is -4.67. The number of likely N-dealkylation sites (N-methyl/N-ethyl adjacent to an activating group) is 1. The number of fused-ring (bicyclic) bond motifs is 2. The predicted molar refractivity (Wildman–Crippen MR) is 149 cm³/mol. The van der Waals surface area contributed by atoms with Gasteiger partial charge in [-0.2, -0.15) is 0 Å². The van der Waals surface area contributed by atoms with Gasteiger partial charge in [-0.3, -0.25) is 4.79 Å². The van der Waals surface area contributed by atoms with Crippen LogP contribution in [0, 0.1) is 0 Å². The lowest BCUT2D eigenvalue weighted by Gasteiger charge is -2.25. The number of rotatable bonds is 8. The van der Waals surface area contributed by atoms with Crippen LogP contribution >= 0.6 is 0 Å². The van der Waals surface area contributed by atoms with Crippen molar-refractivity contribution in [1.82, 2.24) is 0 Å². The first-order valence-corrected chi connectivity index (χ1v) is 12.3. The number of carboxylic acids is 3. The number of aliphatic hydroxyl groups is 1. The molecular weight excluding hydrogens is 518 g/mol. The minimum atomic E-state index is -1.28. The first-order valence-electron chi connectivity index (χ1n) is 12.3. The van der Waals surface area contributed by atoms with Crippen LogP contribution in [0.25, 0.3) is 21.5 Å². The first-order chi connectivity index (χ1) is 18.7. The van der Waals surface area contributed by atoms with Crippen molar-refractivity contribution in [3.63, 3.8) is 0 Å². The predicted octanol–water partition coefficient (Wildman–Crippen LogP) is 3.92. The lowest BCUT2D eigenvalue weighted by atomic mass is 9.90. The molecule has 4 aromatic carbocycles. The van der Waals surface area contributed by atoms with Crippen LogP contribution in [-0.2, 0) is 11.2 Å². The molecule has 4 aromatic rings. The summed E-state index contributed by atoms with van der Waals surface area (Å²) in [5.41, 5.74) is 0.112. The second kappa shape index (κ2) is 12.0. The molecule has 0 radical (unpaired) electrons. The van der Waals surface area contributed by atoms with E-state index in [1.807, 2.05) is 21.1 Å². The Morgan fingerprint density at radius 2 is 1.12 bits per heavy atom. The fourth-order valence-electron chi connectivity index (χ4n) is 4.58. The van der Waals surface area contributed by atoms with Gasteiger partial charge in [0, 0.05) is 17.5 Å². The number of aliphatic carboxylic acids is 1. The van der Waals surface area contributed by atoms with Crippen molar-refractivity contribution in [2.24, 2.45) is 0 Å². The van der Waals surface area contributed by atoms with E-state index in [-0.39, 0.29) is 24.0 Å². The van der Waals surface area contributed by atoms with E-state index in [1.165, 1.54) is 12.1 Å². The Morgan fingerprint density at radius 3 is 1.48 bits per heavy atom. The highest BCUT2D eigenvalue weighted by atomic mass is 16.4. The lowest BCUT2D eigenvalue weighted by molar-refractivity contribution is -0.873. The number of benzene rings is 4. The van der Waals surface area contributed by atoms with E-state index < -0.39 is 35.5 Å². The van der Waals surface area contributed by atoms with E-state index in [1.54, 1.807) is 48.5 Å². The van der Waals surface area contributed by atoms with Crippen molar-refractivity contribution in [3.8, 4) is 11.5 Å². The standard InChI is InChI=1S/C23H16O6.C7H15NO3/c24-20-16(14-7-3-1-5-12(14)9-18(20)22(26)27)11-17-15-8-4-2-6-13(15)10-19(21(17)25)23(28)29;1-8(2,3)5-6(9)4-7(10)11/h1-10,24-25H,11H2,(H,26,27)(H,28,29);6,9H,4-5H2,1-3H3/p+1. The molecule has 0 aliphatic heterocycles. The molecule has 0 fully saturated rings. The van der Waals surface area contributed by atoms with E-state index in [0.717, 1.165) is 0 Å². The van der Waals surface area contributed by atoms with Gasteiger partial charge in [0.05, 0.1) is 27.6 Å². The van der Waals surface area contributed by atoms with Crippen LogP contribution in [0.3, 0.4) is 0 Å². The Morgan fingerprint density at radius 1 is 0.725 bits per heavy atom. The van der Waals surface area contributed by atoms with Crippen LogP contribution in [0.4, 0.5) is 0 Å². The van der Waals surface area contributed by atoms with Crippen molar-refractivity contribution < 1.29 is 49.5 Å². The highest BCUT2D eigenvalue weighted by Gasteiger charge is 2.22. The second-order valence-corrected chi connectivity index (χ2v) is 10.5. The highest BCUT2D eigenvalue weighted by molar-refractivity contribution is 6.02. The number of quaternary nitrogens is 1. The SMILES string of the molecule is C[N+](C)(C)CC(O)CC(=O)O.O=C(O)c1cc2ccccc2c(Cc2c(O)c(C(=O)O)cc3ccccc23)c1O. The average molecular weight is 551 g/mol. The van der Waals surface area contributed by atoms with Crippen LogP contribution in [0.5, 0.6) is 11.5 Å². The fourth-order valence-corrected chi connectivity index (χ4v) is 4.58. The van der Waals surface area contributed by atoms with Crippen molar-refractivity contribution in [2.45, 2.75) is 18.9 Å². The van der Waals surface area contributed by atoms with Crippen molar-refractivity contribution >= 4 is 39.5 Å². The van der Waals surface area contributed by atoms with Gasteiger partial charge in [-0.15, -0.1) is 0 Å². The molecule has 40 heavy (non-hydrogen) atoms. The Kier molecular flexibility index (Phi) is 8.98. The van der Waals surface area contributed by atoms with E-state index in [9.17, 15) is 34.8 Å². The highest BCUT2D eigenvalue weighted by Crippen LogP contribution is 2.38. The summed E-state index contributed by atoms with van der Waals surface area (Å²) in [5.74, 6) is -4.31. The molecule has 10 heteroatoms. The maximum atomic E-state index is 11.6.